The molecule has 0 atom stereocenters. The molecule has 6 nitrogen and oxygen atoms in total. The lowest BCUT2D eigenvalue weighted by molar-refractivity contribution is -0.121. The molecule has 1 aromatic heterocycles. The average Bonchev–Trinajstić information content (AvgIpc) is 2.61. The lowest BCUT2D eigenvalue weighted by Gasteiger charge is -2.13. The van der Waals surface area contributed by atoms with E-state index in [1.165, 1.54) is 0 Å². The van der Waals surface area contributed by atoms with Gasteiger partial charge in [-0.1, -0.05) is 6.07 Å². The summed E-state index contributed by atoms with van der Waals surface area (Å²) in [6, 6.07) is 7.81. The van der Waals surface area contributed by atoms with Crippen molar-refractivity contribution >= 4 is 5.91 Å². The zero-order valence-electron chi connectivity index (χ0n) is 15.0. The van der Waals surface area contributed by atoms with Gasteiger partial charge in [0, 0.05) is 18.8 Å². The number of amides is 1. The first-order valence-corrected chi connectivity index (χ1v) is 8.54. The number of rotatable bonds is 9. The lowest BCUT2D eigenvalue weighted by Crippen LogP contribution is -2.33. The molecule has 0 bridgehead atoms. The summed E-state index contributed by atoms with van der Waals surface area (Å²) in [5.74, 6) is 0.445. The van der Waals surface area contributed by atoms with Crippen molar-refractivity contribution in [2.45, 2.75) is 26.8 Å². The number of ether oxygens (including phenoxy) is 2. The molecule has 0 radical (unpaired) electrons. The fourth-order valence-corrected chi connectivity index (χ4v) is 2.43. The maximum atomic E-state index is 13.1. The second-order valence-electron chi connectivity index (χ2n) is 5.56. The Labute approximate surface area is 151 Å². The van der Waals surface area contributed by atoms with E-state index in [0.717, 1.165) is 28.5 Å². The molecule has 7 heteroatoms. The first-order valence-electron chi connectivity index (χ1n) is 8.54. The molecular weight excluding hydrogens is 339 g/mol. The van der Waals surface area contributed by atoms with Gasteiger partial charge in [0.15, 0.2) is 11.5 Å². The fourth-order valence-electron chi connectivity index (χ4n) is 2.43. The van der Waals surface area contributed by atoms with Gasteiger partial charge in [0.05, 0.1) is 13.2 Å². The molecule has 26 heavy (non-hydrogen) atoms. The van der Waals surface area contributed by atoms with Crippen molar-refractivity contribution < 1.29 is 18.7 Å². The van der Waals surface area contributed by atoms with Crippen LogP contribution in [0.4, 0.5) is 4.39 Å². The van der Waals surface area contributed by atoms with Gasteiger partial charge in [-0.25, -0.2) is 4.39 Å². The van der Waals surface area contributed by atoms with Gasteiger partial charge in [0.1, 0.15) is 12.4 Å². The summed E-state index contributed by atoms with van der Waals surface area (Å²) < 4.78 is 25.3. The van der Waals surface area contributed by atoms with Crippen LogP contribution in [0.25, 0.3) is 0 Å². The quantitative estimate of drug-likeness (QED) is 0.742. The maximum absolute atomic E-state index is 13.1. The minimum absolute atomic E-state index is 0.218. The van der Waals surface area contributed by atoms with E-state index in [2.05, 4.69) is 5.32 Å². The Balaban J connectivity index is 1.90. The van der Waals surface area contributed by atoms with E-state index < -0.39 is 11.4 Å². The van der Waals surface area contributed by atoms with Crippen molar-refractivity contribution in [3.63, 3.8) is 0 Å². The van der Waals surface area contributed by atoms with Crippen LogP contribution in [0.15, 0.2) is 41.3 Å². The predicted octanol–water partition coefficient (Wildman–Crippen LogP) is 2.14. The first-order chi connectivity index (χ1) is 12.5. The highest BCUT2D eigenvalue weighted by molar-refractivity contribution is 5.75. The van der Waals surface area contributed by atoms with Crippen LogP contribution < -0.4 is 20.3 Å². The Kier molecular flexibility index (Phi) is 7.20. The Bertz CT molecular complexity index is 804. The Morgan fingerprint density at radius 1 is 1.12 bits per heavy atom. The lowest BCUT2D eigenvalue weighted by atomic mass is 10.1. The van der Waals surface area contributed by atoms with Gasteiger partial charge in [-0.05, 0) is 44.0 Å². The highest BCUT2D eigenvalue weighted by atomic mass is 19.1. The Morgan fingerprint density at radius 2 is 1.85 bits per heavy atom. The predicted molar refractivity (Wildman–Crippen MR) is 96.2 cm³/mol. The van der Waals surface area contributed by atoms with E-state index in [0.29, 0.717) is 37.7 Å². The molecule has 0 aliphatic heterocycles. The van der Waals surface area contributed by atoms with E-state index in [1.807, 2.05) is 32.0 Å². The van der Waals surface area contributed by atoms with E-state index in [1.54, 1.807) is 0 Å². The molecule has 0 fully saturated rings. The molecule has 2 rings (SSSR count). The van der Waals surface area contributed by atoms with Gasteiger partial charge >= 0.3 is 0 Å². The molecule has 0 aliphatic carbocycles. The standard InChI is InChI=1S/C19H23FN2O4/c1-3-25-16-7-5-14(11-17(16)26-4-2)9-10-21-18(23)13-22-12-15(20)6-8-19(22)24/h5-8,11-12H,3-4,9-10,13H2,1-2H3,(H,21,23). The fraction of sp³-hybridized carbons (Fsp3) is 0.368. The molecule has 1 heterocycles. The maximum Gasteiger partial charge on any atom is 0.251 e. The summed E-state index contributed by atoms with van der Waals surface area (Å²) in [5.41, 5.74) is 0.564. The third kappa shape index (κ3) is 5.61. The minimum Gasteiger partial charge on any atom is -0.490 e. The molecule has 1 N–H and O–H groups in total. The van der Waals surface area contributed by atoms with E-state index in [9.17, 15) is 14.0 Å². The van der Waals surface area contributed by atoms with Crippen LogP contribution >= 0.6 is 0 Å². The summed E-state index contributed by atoms with van der Waals surface area (Å²) >= 11 is 0. The van der Waals surface area contributed by atoms with Gasteiger partial charge in [0.2, 0.25) is 5.91 Å². The van der Waals surface area contributed by atoms with Gasteiger partial charge in [-0.2, -0.15) is 0 Å². The number of pyridine rings is 1. The molecule has 140 valence electrons. The number of hydrogen-bond acceptors (Lipinski definition) is 4. The summed E-state index contributed by atoms with van der Waals surface area (Å²) in [7, 11) is 0. The molecule has 0 saturated heterocycles. The molecule has 0 spiro atoms. The topological polar surface area (TPSA) is 69.6 Å². The number of halogens is 1. The van der Waals surface area contributed by atoms with Crippen LogP contribution in [0.3, 0.4) is 0 Å². The van der Waals surface area contributed by atoms with Crippen LogP contribution in [0, 0.1) is 5.82 Å². The molecule has 0 unspecified atom stereocenters. The second-order valence-corrected chi connectivity index (χ2v) is 5.56. The van der Waals surface area contributed by atoms with Crippen LogP contribution in [-0.4, -0.2) is 30.2 Å². The number of aromatic nitrogens is 1. The number of nitrogens with one attached hydrogen (secondary N) is 1. The third-order valence-corrected chi connectivity index (χ3v) is 3.60. The van der Waals surface area contributed by atoms with E-state index in [-0.39, 0.29) is 12.5 Å². The number of hydrogen-bond donors (Lipinski definition) is 1. The monoisotopic (exact) mass is 362 g/mol. The first kappa shape index (κ1) is 19.5. The highest BCUT2D eigenvalue weighted by Gasteiger charge is 2.08. The number of carbonyl (C=O) groups excluding carboxylic acids is 1. The van der Waals surface area contributed by atoms with Gasteiger partial charge in [-0.15, -0.1) is 0 Å². The summed E-state index contributed by atoms with van der Waals surface area (Å²) in [6.45, 7) is 5.06. The van der Waals surface area contributed by atoms with Crippen LogP contribution in [0.1, 0.15) is 19.4 Å². The second kappa shape index (κ2) is 9.60. The number of carbonyl (C=O) groups is 1. The zero-order valence-corrected chi connectivity index (χ0v) is 15.0. The largest absolute Gasteiger partial charge is 0.490 e. The van der Waals surface area contributed by atoms with Crippen LogP contribution in [-0.2, 0) is 17.8 Å². The molecular formula is C19H23FN2O4. The zero-order chi connectivity index (χ0) is 18.9. The molecule has 2 aromatic rings. The minimum atomic E-state index is -0.560. The number of nitrogens with zero attached hydrogens (tertiary/aromatic N) is 1. The van der Waals surface area contributed by atoms with Crippen molar-refractivity contribution in [2.75, 3.05) is 19.8 Å². The smallest absolute Gasteiger partial charge is 0.251 e. The Morgan fingerprint density at radius 3 is 2.58 bits per heavy atom. The van der Waals surface area contributed by atoms with Crippen LogP contribution in [0.2, 0.25) is 0 Å². The van der Waals surface area contributed by atoms with E-state index >= 15 is 0 Å². The Hall–Kier alpha value is -2.83. The molecule has 1 aromatic carbocycles. The van der Waals surface area contributed by atoms with Crippen molar-refractivity contribution in [1.82, 2.24) is 9.88 Å². The molecule has 0 saturated carbocycles. The summed E-state index contributed by atoms with van der Waals surface area (Å²) in [5, 5.41) is 2.72. The van der Waals surface area contributed by atoms with Crippen molar-refractivity contribution in [2.24, 2.45) is 0 Å². The third-order valence-electron chi connectivity index (χ3n) is 3.60. The van der Waals surface area contributed by atoms with Gasteiger partial charge in [0.25, 0.3) is 5.56 Å². The highest BCUT2D eigenvalue weighted by Crippen LogP contribution is 2.28. The SMILES string of the molecule is CCOc1ccc(CCNC(=O)Cn2cc(F)ccc2=O)cc1OCC. The average molecular weight is 362 g/mol. The van der Waals surface area contributed by atoms with Crippen LogP contribution in [0.5, 0.6) is 11.5 Å². The summed E-state index contributed by atoms with van der Waals surface area (Å²) in [6.07, 6.45) is 1.61. The molecule has 1 amide bonds. The van der Waals surface area contributed by atoms with Gasteiger partial charge < -0.3 is 19.4 Å². The normalized spacial score (nSPS) is 10.4. The van der Waals surface area contributed by atoms with Crippen molar-refractivity contribution in [1.29, 1.82) is 0 Å². The van der Waals surface area contributed by atoms with Gasteiger partial charge in [-0.3, -0.25) is 9.59 Å². The van der Waals surface area contributed by atoms with E-state index in [4.69, 9.17) is 9.47 Å². The number of benzene rings is 1. The van der Waals surface area contributed by atoms with Crippen molar-refractivity contribution in [3.05, 3.63) is 58.3 Å². The van der Waals surface area contributed by atoms with Crippen molar-refractivity contribution in [3.8, 4) is 11.5 Å². The molecule has 0 aliphatic rings. The summed E-state index contributed by atoms with van der Waals surface area (Å²) in [4.78, 5) is 23.5.